The van der Waals surface area contributed by atoms with Crippen LogP contribution in [-0.4, -0.2) is 36.2 Å². The molecule has 11 heteroatoms. The summed E-state index contributed by atoms with van der Waals surface area (Å²) in [6, 6.07) is 5.17. The van der Waals surface area contributed by atoms with Crippen LogP contribution in [0.5, 0.6) is 11.5 Å². The number of aromatic amines is 1. The maximum Gasteiger partial charge on any atom is 0.311 e. The van der Waals surface area contributed by atoms with E-state index in [1.54, 1.807) is 12.1 Å². The molecule has 1 aromatic carbocycles. The molecule has 0 fully saturated rings. The maximum absolute atomic E-state index is 10.9. The number of aromatic hydroxyl groups is 2. The summed E-state index contributed by atoms with van der Waals surface area (Å²) in [7, 11) is 0. The number of nitrogens with zero attached hydrogens (tertiary/aromatic N) is 4. The van der Waals surface area contributed by atoms with Crippen LogP contribution in [0.2, 0.25) is 0 Å². The fourth-order valence-corrected chi connectivity index (χ4v) is 2.09. The first kappa shape index (κ1) is 15.4. The smallest absolute Gasteiger partial charge is 0.311 e. The van der Waals surface area contributed by atoms with E-state index in [0.29, 0.717) is 5.76 Å². The fraction of sp³-hybridized carbons (Fsp3) is 0. The summed E-state index contributed by atoms with van der Waals surface area (Å²) in [5.74, 6) is -0.336. The van der Waals surface area contributed by atoms with E-state index in [2.05, 4.69) is 15.3 Å². The van der Waals surface area contributed by atoms with Gasteiger partial charge in [0.25, 0.3) is 0 Å². The van der Waals surface area contributed by atoms with Crippen LogP contribution in [0, 0.1) is 14.9 Å². The zero-order chi connectivity index (χ0) is 17.3. The second-order valence-corrected chi connectivity index (χ2v) is 4.93. The Kier molecular flexibility index (Phi) is 3.83. The van der Waals surface area contributed by atoms with Crippen molar-refractivity contribution in [2.45, 2.75) is 0 Å². The minimum atomic E-state index is -0.774. The van der Waals surface area contributed by atoms with E-state index in [9.17, 15) is 20.3 Å². The number of hydrogen-bond donors (Lipinski definition) is 3. The van der Waals surface area contributed by atoms with Gasteiger partial charge in [0, 0.05) is 17.7 Å². The molecule has 0 aliphatic heterocycles. The van der Waals surface area contributed by atoms with Crippen molar-refractivity contribution >= 4 is 24.1 Å². The highest BCUT2D eigenvalue weighted by molar-refractivity contribution is 7.71. The minimum absolute atomic E-state index is 0.0213. The summed E-state index contributed by atoms with van der Waals surface area (Å²) in [4.78, 5) is 10.1. The van der Waals surface area contributed by atoms with Gasteiger partial charge >= 0.3 is 5.69 Å². The molecule has 3 rings (SSSR count). The van der Waals surface area contributed by atoms with Gasteiger partial charge in [0.05, 0.1) is 17.4 Å². The summed E-state index contributed by atoms with van der Waals surface area (Å²) in [6.07, 6.45) is 2.61. The molecule has 0 radical (unpaired) electrons. The second kappa shape index (κ2) is 5.96. The number of nitro groups is 1. The predicted octanol–water partition coefficient (Wildman–Crippen LogP) is 2.40. The van der Waals surface area contributed by atoms with Gasteiger partial charge in [0.2, 0.25) is 10.6 Å². The van der Waals surface area contributed by atoms with Crippen molar-refractivity contribution < 1.29 is 19.6 Å². The van der Waals surface area contributed by atoms with E-state index in [1.165, 1.54) is 10.9 Å². The molecule has 3 N–H and O–H groups in total. The van der Waals surface area contributed by atoms with Crippen LogP contribution < -0.4 is 0 Å². The third-order valence-electron chi connectivity index (χ3n) is 3.02. The van der Waals surface area contributed by atoms with E-state index >= 15 is 0 Å². The summed E-state index contributed by atoms with van der Waals surface area (Å²) >= 11 is 5.06. The Balaban J connectivity index is 2.04. The van der Waals surface area contributed by atoms with Gasteiger partial charge in [-0.25, -0.2) is 5.10 Å². The highest BCUT2D eigenvalue weighted by atomic mass is 32.1. The van der Waals surface area contributed by atoms with E-state index in [4.69, 9.17) is 16.6 Å². The third-order valence-corrected chi connectivity index (χ3v) is 3.29. The molecular formula is C13H9N5O5S. The summed E-state index contributed by atoms with van der Waals surface area (Å²) in [5, 5.41) is 40.7. The Morgan fingerprint density at radius 2 is 2.21 bits per heavy atom. The SMILES string of the molecule is O=[N+]([O-])c1cc(/C=N\n2c(-c3ccco3)n[nH]c2=S)c(O)cc1O. The number of rotatable bonds is 4. The standard InChI is InChI=1S/C13H9N5O5S/c19-9-5-10(20)8(18(21)22)4-7(9)6-14-17-12(15-16-13(17)24)11-2-1-3-23-11/h1-6,19-20H,(H,16,24)/b14-6-. The van der Waals surface area contributed by atoms with Gasteiger partial charge < -0.3 is 14.6 Å². The third kappa shape index (κ3) is 2.75. The molecular weight excluding hydrogens is 338 g/mol. The largest absolute Gasteiger partial charge is 0.507 e. The highest BCUT2D eigenvalue weighted by Crippen LogP contribution is 2.32. The van der Waals surface area contributed by atoms with Gasteiger partial charge in [-0.3, -0.25) is 10.1 Å². The molecule has 0 amide bonds. The molecule has 0 saturated heterocycles. The summed E-state index contributed by atoms with van der Waals surface area (Å²) in [6.45, 7) is 0. The average Bonchev–Trinajstić information content (AvgIpc) is 3.16. The number of phenolic OH excluding ortho intramolecular Hbond substituents is 2. The molecule has 0 aliphatic rings. The quantitative estimate of drug-likeness (QED) is 0.284. The summed E-state index contributed by atoms with van der Waals surface area (Å²) in [5.41, 5.74) is -0.538. The van der Waals surface area contributed by atoms with Crippen LogP contribution in [0.4, 0.5) is 5.69 Å². The number of nitro benzene ring substituents is 1. The zero-order valence-electron chi connectivity index (χ0n) is 11.8. The van der Waals surface area contributed by atoms with Crippen molar-refractivity contribution in [3.05, 3.63) is 51.0 Å². The summed E-state index contributed by atoms with van der Waals surface area (Å²) < 4.78 is 6.61. The Bertz CT molecular complexity index is 989. The Morgan fingerprint density at radius 1 is 1.42 bits per heavy atom. The number of phenols is 2. The van der Waals surface area contributed by atoms with Crippen LogP contribution in [0.15, 0.2) is 40.0 Å². The van der Waals surface area contributed by atoms with Gasteiger partial charge in [-0.15, -0.1) is 5.10 Å². The van der Waals surface area contributed by atoms with Crippen molar-refractivity contribution in [1.29, 1.82) is 0 Å². The lowest BCUT2D eigenvalue weighted by atomic mass is 10.2. The monoisotopic (exact) mass is 347 g/mol. The van der Waals surface area contributed by atoms with Crippen molar-refractivity contribution in [1.82, 2.24) is 14.9 Å². The second-order valence-electron chi connectivity index (χ2n) is 4.54. The number of aromatic nitrogens is 3. The number of benzene rings is 1. The lowest BCUT2D eigenvalue weighted by Crippen LogP contribution is -1.96. The Hall–Kier alpha value is -3.47. The number of H-pyrrole nitrogens is 1. The van der Waals surface area contributed by atoms with Gasteiger partial charge in [-0.2, -0.15) is 9.78 Å². The van der Waals surface area contributed by atoms with Gasteiger partial charge in [-0.05, 0) is 24.4 Å². The van der Waals surface area contributed by atoms with Crippen molar-refractivity contribution in [3.63, 3.8) is 0 Å². The first-order chi connectivity index (χ1) is 11.5. The highest BCUT2D eigenvalue weighted by Gasteiger charge is 2.17. The average molecular weight is 347 g/mol. The minimum Gasteiger partial charge on any atom is -0.507 e. The first-order valence-corrected chi connectivity index (χ1v) is 6.84. The zero-order valence-corrected chi connectivity index (χ0v) is 12.6. The Morgan fingerprint density at radius 3 is 2.88 bits per heavy atom. The molecule has 0 bridgehead atoms. The Labute approximate surface area is 138 Å². The lowest BCUT2D eigenvalue weighted by molar-refractivity contribution is -0.385. The molecule has 0 aliphatic carbocycles. The number of nitrogens with one attached hydrogen (secondary N) is 1. The molecule has 0 saturated carbocycles. The normalized spacial score (nSPS) is 11.2. The van der Waals surface area contributed by atoms with Gasteiger partial charge in [-0.1, -0.05) is 0 Å². The predicted molar refractivity (Wildman–Crippen MR) is 84.5 cm³/mol. The van der Waals surface area contributed by atoms with E-state index < -0.39 is 16.4 Å². The molecule has 3 aromatic rings. The molecule has 24 heavy (non-hydrogen) atoms. The number of hydrogen-bond acceptors (Lipinski definition) is 8. The van der Waals surface area contributed by atoms with E-state index in [1.807, 2.05) is 0 Å². The molecule has 0 spiro atoms. The van der Waals surface area contributed by atoms with Crippen LogP contribution in [0.3, 0.4) is 0 Å². The van der Waals surface area contributed by atoms with E-state index in [0.717, 1.165) is 18.3 Å². The number of furan rings is 1. The topological polar surface area (TPSA) is 143 Å². The fourth-order valence-electron chi connectivity index (χ4n) is 1.92. The maximum atomic E-state index is 10.9. The van der Waals surface area contributed by atoms with Gasteiger partial charge in [0.15, 0.2) is 11.5 Å². The molecule has 0 unspecified atom stereocenters. The van der Waals surface area contributed by atoms with Crippen LogP contribution in [-0.2, 0) is 0 Å². The molecule has 0 atom stereocenters. The molecule has 2 aromatic heterocycles. The molecule has 2 heterocycles. The van der Waals surface area contributed by atoms with Crippen molar-refractivity contribution in [3.8, 4) is 23.1 Å². The molecule has 10 nitrogen and oxygen atoms in total. The van der Waals surface area contributed by atoms with E-state index in [-0.39, 0.29) is 21.9 Å². The van der Waals surface area contributed by atoms with Crippen molar-refractivity contribution in [2.75, 3.05) is 0 Å². The van der Waals surface area contributed by atoms with Crippen molar-refractivity contribution in [2.24, 2.45) is 5.10 Å². The van der Waals surface area contributed by atoms with Gasteiger partial charge in [0.1, 0.15) is 5.75 Å². The van der Waals surface area contributed by atoms with Crippen LogP contribution in [0.25, 0.3) is 11.6 Å². The first-order valence-electron chi connectivity index (χ1n) is 6.43. The molecule has 122 valence electrons. The van der Waals surface area contributed by atoms with Crippen LogP contribution in [0.1, 0.15) is 5.56 Å². The lowest BCUT2D eigenvalue weighted by Gasteiger charge is -2.02. The van der Waals surface area contributed by atoms with Crippen LogP contribution >= 0.6 is 12.2 Å².